The fourth-order valence-corrected chi connectivity index (χ4v) is 14.6. The Morgan fingerprint density at radius 2 is 0.829 bits per heavy atom. The van der Waals surface area contributed by atoms with Crippen molar-refractivity contribution in [1.29, 1.82) is 0 Å². The quantitative estimate of drug-likeness (QED) is 0.172. The third-order valence-electron chi connectivity index (χ3n) is 17.1. The zero-order chi connectivity index (χ0) is 45.7. The highest BCUT2D eigenvalue weighted by Gasteiger charge is 2.61. The minimum atomic E-state index is 0.0661. The molecule has 0 atom stereocenters. The van der Waals surface area contributed by atoms with E-state index in [0.29, 0.717) is 29.3 Å². The van der Waals surface area contributed by atoms with Crippen molar-refractivity contribution in [1.82, 2.24) is 15.0 Å². The van der Waals surface area contributed by atoms with Gasteiger partial charge in [-0.2, -0.15) is 0 Å². The molecule has 1 spiro atoms. The first-order chi connectivity index (χ1) is 34.6. The highest BCUT2D eigenvalue weighted by atomic mass is 16.3. The number of fused-ring (bicyclic) bond motifs is 10. The highest BCUT2D eigenvalue weighted by molar-refractivity contribution is 6.13. The SMILES string of the molecule is c1cc(-c2ccccc2-c2nc(-c3cccc4oc5ccccc5c34)nc(-c3cccc4oc5ccccc5c34)n2)cc(-c2cccc3c2-c2cc4ccccc4cc2C32C3CC4CC(C3)CC2C4)c1. The number of aromatic nitrogens is 3. The molecule has 4 bridgehead atoms. The maximum Gasteiger partial charge on any atom is 0.164 e. The second kappa shape index (κ2) is 14.4. The maximum atomic E-state index is 6.40. The Bertz CT molecular complexity index is 4020. The molecule has 12 aromatic rings. The Morgan fingerprint density at radius 1 is 0.357 bits per heavy atom. The van der Waals surface area contributed by atoms with E-state index in [2.05, 4.69) is 140 Å². The topological polar surface area (TPSA) is 65.0 Å². The van der Waals surface area contributed by atoms with Gasteiger partial charge in [0.1, 0.15) is 22.3 Å². The van der Waals surface area contributed by atoms with E-state index in [9.17, 15) is 0 Å². The summed E-state index contributed by atoms with van der Waals surface area (Å²) >= 11 is 0. The summed E-state index contributed by atoms with van der Waals surface area (Å²) in [5.41, 5.74) is 16.7. The Labute approximate surface area is 404 Å². The zero-order valence-corrected chi connectivity index (χ0v) is 38.4. The lowest BCUT2D eigenvalue weighted by Gasteiger charge is -2.61. The lowest BCUT2D eigenvalue weighted by Crippen LogP contribution is -2.55. The molecule has 5 aliphatic carbocycles. The van der Waals surface area contributed by atoms with Crippen LogP contribution in [0, 0.1) is 23.7 Å². The molecular formula is C65H45N3O2. The number of para-hydroxylation sites is 2. The summed E-state index contributed by atoms with van der Waals surface area (Å²) in [6.45, 7) is 0. The average molecular weight is 900 g/mol. The van der Waals surface area contributed by atoms with E-state index in [1.54, 1.807) is 11.1 Å². The highest BCUT2D eigenvalue weighted by Crippen LogP contribution is 2.70. The molecule has 5 aliphatic rings. The predicted octanol–water partition coefficient (Wildman–Crippen LogP) is 16.9. The maximum absolute atomic E-state index is 6.40. The van der Waals surface area contributed by atoms with E-state index in [1.165, 1.54) is 65.1 Å². The van der Waals surface area contributed by atoms with E-state index >= 15 is 0 Å². The second-order valence-corrected chi connectivity index (χ2v) is 20.6. The number of benzene rings is 9. The van der Waals surface area contributed by atoms with E-state index in [1.807, 2.05) is 48.5 Å². The van der Waals surface area contributed by atoms with Crippen LogP contribution in [0.4, 0.5) is 0 Å². The third kappa shape index (κ3) is 5.40. The number of hydrogen-bond donors (Lipinski definition) is 0. The molecule has 0 aliphatic heterocycles. The molecular weight excluding hydrogens is 855 g/mol. The van der Waals surface area contributed by atoms with E-state index in [4.69, 9.17) is 23.8 Å². The van der Waals surface area contributed by atoms with E-state index in [0.717, 1.165) is 83.5 Å². The van der Waals surface area contributed by atoms with Crippen molar-refractivity contribution in [2.24, 2.45) is 23.7 Å². The summed E-state index contributed by atoms with van der Waals surface area (Å²) in [5.74, 6) is 4.90. The van der Waals surface area contributed by atoms with Gasteiger partial charge in [0.15, 0.2) is 17.5 Å². The van der Waals surface area contributed by atoms with Crippen molar-refractivity contribution in [3.05, 3.63) is 199 Å². The van der Waals surface area contributed by atoms with Crippen molar-refractivity contribution in [3.8, 4) is 67.5 Å². The Hall–Kier alpha value is -8.15. The number of furan rings is 2. The van der Waals surface area contributed by atoms with E-state index < -0.39 is 0 Å². The van der Waals surface area contributed by atoms with Gasteiger partial charge in [0.05, 0.1) is 0 Å². The first-order valence-electron chi connectivity index (χ1n) is 25.1. The average Bonchev–Trinajstić information content (AvgIpc) is 4.08. The predicted molar refractivity (Wildman–Crippen MR) is 282 cm³/mol. The minimum Gasteiger partial charge on any atom is -0.456 e. The van der Waals surface area contributed by atoms with Crippen molar-refractivity contribution < 1.29 is 8.83 Å². The zero-order valence-electron chi connectivity index (χ0n) is 38.4. The number of hydrogen-bond acceptors (Lipinski definition) is 5. The van der Waals surface area contributed by atoms with Crippen LogP contribution in [-0.2, 0) is 5.41 Å². The largest absolute Gasteiger partial charge is 0.456 e. The van der Waals surface area contributed by atoms with Gasteiger partial charge in [-0.05, 0) is 154 Å². The molecule has 5 heteroatoms. The van der Waals surface area contributed by atoms with Crippen LogP contribution in [0.1, 0.15) is 43.2 Å². The smallest absolute Gasteiger partial charge is 0.164 e. The Balaban J connectivity index is 0.893. The first-order valence-corrected chi connectivity index (χ1v) is 25.1. The Kier molecular flexibility index (Phi) is 8.00. The molecule has 3 aromatic heterocycles. The number of nitrogens with zero attached hydrogens (tertiary/aromatic N) is 3. The standard InChI is InChI=1S/C65H45N3O2/c1-2-14-40-36-54-52(35-39(40)13-1)59-46(21-10-24-53(59)65(54)43-30-37-29-38(32-43)33-44(65)31-37)42-16-9-15-41(34-42)45-17-3-4-18-47(45)62-66-63(50-22-11-27-57-60(50)48-19-5-7-25-55(48)69-57)68-64(67-62)51-23-12-28-58-61(51)49-20-6-8-26-56(49)70-58/h1-28,34-38,43-44H,29-33H2. The molecule has 3 heterocycles. The molecule has 0 N–H and O–H groups in total. The lowest BCUT2D eigenvalue weighted by atomic mass is 9.43. The molecule has 0 saturated heterocycles. The van der Waals surface area contributed by atoms with Gasteiger partial charge in [0.2, 0.25) is 0 Å². The summed E-state index contributed by atoms with van der Waals surface area (Å²) < 4.78 is 12.8. The molecule has 4 saturated carbocycles. The van der Waals surface area contributed by atoms with Crippen LogP contribution in [0.3, 0.4) is 0 Å². The summed E-state index contributed by atoms with van der Waals surface area (Å²) in [5, 5.41) is 6.68. The van der Waals surface area contributed by atoms with Gasteiger partial charge >= 0.3 is 0 Å². The third-order valence-corrected chi connectivity index (χ3v) is 17.1. The van der Waals surface area contributed by atoms with Crippen LogP contribution in [-0.4, -0.2) is 15.0 Å². The molecule has 332 valence electrons. The minimum absolute atomic E-state index is 0.0661. The van der Waals surface area contributed by atoms with Gasteiger partial charge in [-0.15, -0.1) is 0 Å². The first kappa shape index (κ1) is 38.8. The van der Waals surface area contributed by atoms with Gasteiger partial charge in [0, 0.05) is 43.7 Å². The van der Waals surface area contributed by atoms with Crippen LogP contribution in [0.15, 0.2) is 197 Å². The molecule has 5 nitrogen and oxygen atoms in total. The summed E-state index contributed by atoms with van der Waals surface area (Å²) in [4.78, 5) is 16.2. The van der Waals surface area contributed by atoms with Crippen LogP contribution >= 0.6 is 0 Å². The normalized spacial score (nSPS) is 20.9. The number of rotatable bonds is 5. The molecule has 9 aromatic carbocycles. The lowest BCUT2D eigenvalue weighted by molar-refractivity contribution is -0.0398. The monoisotopic (exact) mass is 899 g/mol. The summed E-state index contributed by atoms with van der Waals surface area (Å²) in [6.07, 6.45) is 6.88. The molecule has 0 radical (unpaired) electrons. The van der Waals surface area contributed by atoms with E-state index in [-0.39, 0.29) is 5.41 Å². The van der Waals surface area contributed by atoms with Gasteiger partial charge < -0.3 is 8.83 Å². The second-order valence-electron chi connectivity index (χ2n) is 20.6. The molecule has 17 rings (SSSR count). The van der Waals surface area contributed by atoms with Crippen molar-refractivity contribution in [2.75, 3.05) is 0 Å². The van der Waals surface area contributed by atoms with Gasteiger partial charge in [-0.25, -0.2) is 15.0 Å². The Morgan fingerprint density at radius 3 is 1.47 bits per heavy atom. The molecule has 0 amide bonds. The molecule has 0 unspecified atom stereocenters. The summed E-state index contributed by atoms with van der Waals surface area (Å²) in [7, 11) is 0. The molecule has 70 heavy (non-hydrogen) atoms. The molecule has 4 fully saturated rings. The summed E-state index contributed by atoms with van der Waals surface area (Å²) in [6, 6.07) is 67.9. The van der Waals surface area contributed by atoms with Crippen LogP contribution < -0.4 is 0 Å². The van der Waals surface area contributed by atoms with Gasteiger partial charge in [0.25, 0.3) is 0 Å². The van der Waals surface area contributed by atoms with Crippen molar-refractivity contribution >= 4 is 54.6 Å². The fourth-order valence-electron chi connectivity index (χ4n) is 14.6. The van der Waals surface area contributed by atoms with Crippen molar-refractivity contribution in [3.63, 3.8) is 0 Å². The van der Waals surface area contributed by atoms with Crippen LogP contribution in [0.2, 0.25) is 0 Å². The van der Waals surface area contributed by atoms with Crippen LogP contribution in [0.25, 0.3) is 122 Å². The fraction of sp³-hybridized carbons (Fsp3) is 0.154. The van der Waals surface area contributed by atoms with Crippen molar-refractivity contribution in [2.45, 2.75) is 37.5 Å². The van der Waals surface area contributed by atoms with Crippen LogP contribution in [0.5, 0.6) is 0 Å². The van der Waals surface area contributed by atoms with Gasteiger partial charge in [-0.1, -0.05) is 146 Å². The van der Waals surface area contributed by atoms with Gasteiger partial charge in [-0.3, -0.25) is 0 Å².